The molecule has 0 aliphatic carbocycles. The summed E-state index contributed by atoms with van der Waals surface area (Å²) in [5.74, 6) is -0.270. The van der Waals surface area contributed by atoms with Crippen LogP contribution in [0.1, 0.15) is 12.0 Å². The Morgan fingerprint density at radius 2 is 2.16 bits per heavy atom. The molecule has 1 unspecified atom stereocenters. The van der Waals surface area contributed by atoms with Gasteiger partial charge in [-0.1, -0.05) is 12.1 Å². The number of halogens is 1. The molecule has 1 aromatic rings. The summed E-state index contributed by atoms with van der Waals surface area (Å²) in [6.45, 7) is 0.459. The Labute approximate surface area is 112 Å². The van der Waals surface area contributed by atoms with Crippen LogP contribution in [0.2, 0.25) is 0 Å². The van der Waals surface area contributed by atoms with Gasteiger partial charge in [0.15, 0.2) is 21.4 Å². The minimum absolute atomic E-state index is 0.179. The summed E-state index contributed by atoms with van der Waals surface area (Å²) in [5.41, 5.74) is 1.52. The van der Waals surface area contributed by atoms with Gasteiger partial charge in [0.25, 0.3) is 0 Å². The number of benzene rings is 1. The zero-order valence-electron chi connectivity index (χ0n) is 10.8. The highest BCUT2D eigenvalue weighted by molar-refractivity contribution is 7.91. The number of hydrogen-bond acceptors (Lipinski definition) is 4. The van der Waals surface area contributed by atoms with Crippen molar-refractivity contribution in [1.29, 1.82) is 0 Å². The van der Waals surface area contributed by atoms with Crippen LogP contribution in [-0.4, -0.2) is 33.7 Å². The van der Waals surface area contributed by atoms with Crippen LogP contribution in [0.4, 0.5) is 4.39 Å². The minimum atomic E-state index is -3.16. The first-order valence-electron chi connectivity index (χ1n) is 5.87. The van der Waals surface area contributed by atoms with E-state index in [2.05, 4.69) is 5.32 Å². The van der Waals surface area contributed by atoms with E-state index < -0.39 is 21.0 Å². The lowest BCUT2D eigenvalue weighted by molar-refractivity contribution is 0.386. The van der Waals surface area contributed by atoms with E-state index in [0.717, 1.165) is 5.57 Å². The van der Waals surface area contributed by atoms with Gasteiger partial charge in [-0.15, -0.1) is 0 Å². The summed E-state index contributed by atoms with van der Waals surface area (Å²) in [4.78, 5) is 0. The third-order valence-electron chi connectivity index (χ3n) is 3.14. The lowest BCUT2D eigenvalue weighted by atomic mass is 10.00. The van der Waals surface area contributed by atoms with E-state index in [4.69, 9.17) is 4.74 Å². The SMILES string of the molecule is COc1ccc(C2=CCNC(S(C)(=O)=O)C2)cc1F. The van der Waals surface area contributed by atoms with Crippen molar-refractivity contribution in [1.82, 2.24) is 5.32 Å². The number of ether oxygens (including phenoxy) is 1. The van der Waals surface area contributed by atoms with E-state index >= 15 is 0 Å². The van der Waals surface area contributed by atoms with Crippen molar-refractivity contribution in [2.75, 3.05) is 19.9 Å². The van der Waals surface area contributed by atoms with Gasteiger partial charge in [-0.3, -0.25) is 5.32 Å². The summed E-state index contributed by atoms with van der Waals surface area (Å²) < 4.78 is 41.6. The van der Waals surface area contributed by atoms with E-state index in [1.807, 2.05) is 6.08 Å². The van der Waals surface area contributed by atoms with Crippen LogP contribution >= 0.6 is 0 Å². The average molecular weight is 285 g/mol. The lowest BCUT2D eigenvalue weighted by Gasteiger charge is -2.23. The molecular formula is C13H16FNO3S. The molecule has 1 aliphatic rings. The van der Waals surface area contributed by atoms with Crippen molar-refractivity contribution in [3.05, 3.63) is 35.7 Å². The molecule has 1 N–H and O–H groups in total. The molecule has 0 amide bonds. The van der Waals surface area contributed by atoms with Crippen molar-refractivity contribution in [3.8, 4) is 5.75 Å². The fourth-order valence-corrected chi connectivity index (χ4v) is 2.95. The molecule has 2 rings (SSSR count). The van der Waals surface area contributed by atoms with Crippen molar-refractivity contribution in [2.24, 2.45) is 0 Å². The number of sulfone groups is 1. The molecule has 0 saturated heterocycles. The molecule has 6 heteroatoms. The van der Waals surface area contributed by atoms with Gasteiger partial charge in [0.2, 0.25) is 0 Å². The summed E-state index contributed by atoms with van der Waals surface area (Å²) in [6, 6.07) is 4.65. The van der Waals surface area contributed by atoms with Crippen molar-refractivity contribution in [2.45, 2.75) is 11.8 Å². The van der Waals surface area contributed by atoms with Crippen molar-refractivity contribution in [3.63, 3.8) is 0 Å². The predicted octanol–water partition coefficient (Wildman–Crippen LogP) is 1.58. The van der Waals surface area contributed by atoms with Gasteiger partial charge in [0, 0.05) is 19.2 Å². The first-order chi connectivity index (χ1) is 8.91. The third-order valence-corrected chi connectivity index (χ3v) is 4.51. The van der Waals surface area contributed by atoms with Crippen LogP contribution < -0.4 is 10.1 Å². The number of methoxy groups -OCH3 is 1. The predicted molar refractivity (Wildman–Crippen MR) is 72.2 cm³/mol. The van der Waals surface area contributed by atoms with Crippen molar-refractivity contribution < 1.29 is 17.5 Å². The molecule has 1 aliphatic heterocycles. The van der Waals surface area contributed by atoms with Crippen LogP contribution in [0.15, 0.2) is 24.3 Å². The maximum atomic E-state index is 13.7. The number of nitrogens with one attached hydrogen (secondary N) is 1. The average Bonchev–Trinajstić information content (AvgIpc) is 2.38. The lowest BCUT2D eigenvalue weighted by Crippen LogP contribution is -2.38. The Kier molecular flexibility index (Phi) is 3.91. The van der Waals surface area contributed by atoms with Crippen LogP contribution in [0, 0.1) is 5.82 Å². The van der Waals surface area contributed by atoms with Gasteiger partial charge in [0.1, 0.15) is 5.37 Å². The zero-order chi connectivity index (χ0) is 14.0. The zero-order valence-corrected chi connectivity index (χ0v) is 11.6. The smallest absolute Gasteiger partial charge is 0.165 e. The van der Waals surface area contributed by atoms with Gasteiger partial charge >= 0.3 is 0 Å². The normalized spacial score (nSPS) is 19.9. The summed E-state index contributed by atoms with van der Waals surface area (Å²) in [6.07, 6.45) is 3.41. The molecule has 0 saturated carbocycles. The Morgan fingerprint density at radius 3 is 2.74 bits per heavy atom. The molecule has 0 aromatic heterocycles. The molecule has 0 fully saturated rings. The molecule has 0 radical (unpaired) electrons. The highest BCUT2D eigenvalue weighted by atomic mass is 32.2. The van der Waals surface area contributed by atoms with Crippen LogP contribution in [0.5, 0.6) is 5.75 Å². The molecule has 1 heterocycles. The molecule has 1 aromatic carbocycles. The fraction of sp³-hybridized carbons (Fsp3) is 0.385. The maximum absolute atomic E-state index is 13.7. The highest BCUT2D eigenvalue weighted by Gasteiger charge is 2.24. The van der Waals surface area contributed by atoms with Crippen LogP contribution in [0.25, 0.3) is 5.57 Å². The van der Waals surface area contributed by atoms with E-state index in [-0.39, 0.29) is 5.75 Å². The first-order valence-corrected chi connectivity index (χ1v) is 7.82. The van der Waals surface area contributed by atoms with Crippen molar-refractivity contribution >= 4 is 15.4 Å². The van der Waals surface area contributed by atoms with Gasteiger partial charge in [-0.05, 0) is 23.3 Å². The molecule has 19 heavy (non-hydrogen) atoms. The molecular weight excluding hydrogens is 269 g/mol. The van der Waals surface area contributed by atoms with Gasteiger partial charge < -0.3 is 4.74 Å². The standard InChI is InChI=1S/C13H16FNO3S/c1-18-12-4-3-9(7-11(12)14)10-5-6-15-13(8-10)19(2,16)17/h3-5,7,13,15H,6,8H2,1-2H3. The van der Waals surface area contributed by atoms with E-state index in [9.17, 15) is 12.8 Å². The second-order valence-electron chi connectivity index (χ2n) is 4.51. The summed E-state index contributed by atoms with van der Waals surface area (Å²) in [5, 5.41) is 2.30. The quantitative estimate of drug-likeness (QED) is 0.916. The molecule has 1 atom stereocenters. The maximum Gasteiger partial charge on any atom is 0.165 e. The Bertz CT molecular complexity index is 610. The monoisotopic (exact) mass is 285 g/mol. The molecule has 104 valence electrons. The first kappa shape index (κ1) is 14.0. The van der Waals surface area contributed by atoms with E-state index in [0.29, 0.717) is 18.5 Å². The second kappa shape index (κ2) is 5.30. The largest absolute Gasteiger partial charge is 0.494 e. The summed E-state index contributed by atoms with van der Waals surface area (Å²) >= 11 is 0. The minimum Gasteiger partial charge on any atom is -0.494 e. The van der Waals surface area contributed by atoms with Crippen LogP contribution in [-0.2, 0) is 9.84 Å². The third kappa shape index (κ3) is 3.13. The Balaban J connectivity index is 2.27. The topological polar surface area (TPSA) is 55.4 Å². The van der Waals surface area contributed by atoms with Gasteiger partial charge in [0.05, 0.1) is 7.11 Å². The Hall–Kier alpha value is -1.40. The second-order valence-corrected chi connectivity index (χ2v) is 6.74. The molecule has 0 bridgehead atoms. The van der Waals surface area contributed by atoms with Gasteiger partial charge in [-0.2, -0.15) is 0 Å². The number of rotatable bonds is 3. The summed E-state index contributed by atoms with van der Waals surface area (Å²) in [7, 11) is -1.76. The molecule has 0 spiro atoms. The highest BCUT2D eigenvalue weighted by Crippen LogP contribution is 2.27. The fourth-order valence-electron chi connectivity index (χ4n) is 2.07. The molecule has 4 nitrogen and oxygen atoms in total. The Morgan fingerprint density at radius 1 is 1.42 bits per heavy atom. The van der Waals surface area contributed by atoms with Gasteiger partial charge in [-0.25, -0.2) is 12.8 Å². The number of hydrogen-bond donors (Lipinski definition) is 1. The van der Waals surface area contributed by atoms with E-state index in [1.165, 1.54) is 19.4 Å². The van der Waals surface area contributed by atoms with Crippen LogP contribution in [0.3, 0.4) is 0 Å². The van der Waals surface area contributed by atoms with E-state index in [1.54, 1.807) is 12.1 Å².